The van der Waals surface area contributed by atoms with Crippen LogP contribution in [-0.2, 0) is 9.53 Å². The summed E-state index contributed by atoms with van der Waals surface area (Å²) in [6, 6.07) is -0.204. The monoisotopic (exact) mass is 226 g/mol. The van der Waals surface area contributed by atoms with Gasteiger partial charge in [0.2, 0.25) is 5.91 Å². The molecular weight excluding hydrogens is 204 g/mol. The van der Waals surface area contributed by atoms with Crippen molar-refractivity contribution in [1.82, 2.24) is 4.90 Å². The van der Waals surface area contributed by atoms with Gasteiger partial charge >= 0.3 is 0 Å². The Kier molecular flexibility index (Phi) is 4.50. The van der Waals surface area contributed by atoms with E-state index in [0.29, 0.717) is 19.8 Å². The number of amides is 1. The van der Waals surface area contributed by atoms with E-state index in [9.17, 15) is 4.79 Å². The molecular formula is C12H22N2O2. The number of ether oxygens (including phenoxy) is 1. The molecule has 1 heterocycles. The Bertz CT molecular complexity index is 268. The first kappa shape index (κ1) is 13.2. The number of nitrogens with zero attached hydrogens (tertiary/aromatic N) is 1. The molecule has 0 spiro atoms. The van der Waals surface area contributed by atoms with Crippen LogP contribution >= 0.6 is 0 Å². The Morgan fingerprint density at radius 3 is 2.88 bits per heavy atom. The van der Waals surface area contributed by atoms with Gasteiger partial charge in [-0.05, 0) is 13.3 Å². The molecule has 1 rings (SSSR count). The average Bonchev–Trinajstić information content (AvgIpc) is 2.59. The third-order valence-corrected chi connectivity index (χ3v) is 3.14. The van der Waals surface area contributed by atoms with Gasteiger partial charge in [-0.2, -0.15) is 0 Å². The van der Waals surface area contributed by atoms with Gasteiger partial charge in [-0.3, -0.25) is 4.79 Å². The SMILES string of the molecule is C=CCN(CCC)C(=O)C1(C)COCC1N. The summed E-state index contributed by atoms with van der Waals surface area (Å²) in [6.07, 6.45) is 2.68. The minimum absolute atomic E-state index is 0.0826. The molecule has 4 heteroatoms. The van der Waals surface area contributed by atoms with Gasteiger partial charge in [-0.15, -0.1) is 6.58 Å². The van der Waals surface area contributed by atoms with Crippen LogP contribution in [0.15, 0.2) is 12.7 Å². The summed E-state index contributed by atoms with van der Waals surface area (Å²) in [5, 5.41) is 0. The second-order valence-corrected chi connectivity index (χ2v) is 4.58. The Balaban J connectivity index is 2.76. The molecule has 1 saturated heterocycles. The molecule has 0 aliphatic carbocycles. The van der Waals surface area contributed by atoms with Crippen molar-refractivity contribution < 1.29 is 9.53 Å². The van der Waals surface area contributed by atoms with E-state index in [-0.39, 0.29) is 11.9 Å². The molecule has 0 aromatic rings. The molecule has 1 aliphatic rings. The Hall–Kier alpha value is -0.870. The minimum atomic E-state index is -0.571. The lowest BCUT2D eigenvalue weighted by Crippen LogP contribution is -2.51. The number of nitrogens with two attached hydrogens (primary N) is 1. The van der Waals surface area contributed by atoms with Crippen LogP contribution in [0.5, 0.6) is 0 Å². The lowest BCUT2D eigenvalue weighted by Gasteiger charge is -2.32. The molecule has 2 N–H and O–H groups in total. The molecule has 0 saturated carbocycles. The van der Waals surface area contributed by atoms with Crippen LogP contribution in [0.1, 0.15) is 20.3 Å². The van der Waals surface area contributed by atoms with E-state index in [1.165, 1.54) is 0 Å². The number of hydrogen-bond donors (Lipinski definition) is 1. The van der Waals surface area contributed by atoms with Gasteiger partial charge in [0.05, 0.1) is 18.6 Å². The fourth-order valence-electron chi connectivity index (χ4n) is 1.97. The van der Waals surface area contributed by atoms with E-state index in [1.807, 2.05) is 11.8 Å². The highest BCUT2D eigenvalue weighted by atomic mass is 16.5. The van der Waals surface area contributed by atoms with Crippen molar-refractivity contribution >= 4 is 5.91 Å². The highest BCUT2D eigenvalue weighted by Gasteiger charge is 2.46. The van der Waals surface area contributed by atoms with E-state index < -0.39 is 5.41 Å². The normalized spacial score (nSPS) is 29.1. The standard InChI is InChI=1S/C12H22N2O2/c1-4-6-14(7-5-2)11(15)12(3)9-16-8-10(12)13/h4,10H,1,5-9,13H2,2-3H3. The van der Waals surface area contributed by atoms with Gasteiger partial charge < -0.3 is 15.4 Å². The van der Waals surface area contributed by atoms with Gasteiger partial charge in [0.25, 0.3) is 0 Å². The Morgan fingerprint density at radius 1 is 1.75 bits per heavy atom. The number of carbonyl (C=O) groups is 1. The minimum Gasteiger partial charge on any atom is -0.379 e. The first-order valence-electron chi connectivity index (χ1n) is 5.79. The van der Waals surface area contributed by atoms with Gasteiger partial charge in [0.1, 0.15) is 0 Å². The fraction of sp³-hybridized carbons (Fsp3) is 0.750. The maximum absolute atomic E-state index is 12.4. The third kappa shape index (κ3) is 2.44. The molecule has 0 aromatic carbocycles. The maximum atomic E-state index is 12.4. The van der Waals surface area contributed by atoms with Crippen molar-refractivity contribution in [2.75, 3.05) is 26.3 Å². The first-order chi connectivity index (χ1) is 7.56. The van der Waals surface area contributed by atoms with Gasteiger partial charge in [-0.1, -0.05) is 13.0 Å². The molecule has 4 nitrogen and oxygen atoms in total. The average molecular weight is 226 g/mol. The van der Waals surface area contributed by atoms with Crippen LogP contribution in [0.3, 0.4) is 0 Å². The Labute approximate surface area is 97.4 Å². The van der Waals surface area contributed by atoms with E-state index in [0.717, 1.165) is 13.0 Å². The largest absolute Gasteiger partial charge is 0.379 e. The van der Waals surface area contributed by atoms with Crippen LogP contribution in [0.25, 0.3) is 0 Å². The first-order valence-corrected chi connectivity index (χ1v) is 5.79. The molecule has 2 atom stereocenters. The Morgan fingerprint density at radius 2 is 2.44 bits per heavy atom. The third-order valence-electron chi connectivity index (χ3n) is 3.14. The van der Waals surface area contributed by atoms with Crippen molar-refractivity contribution in [3.63, 3.8) is 0 Å². The lowest BCUT2D eigenvalue weighted by atomic mass is 9.84. The molecule has 0 aromatic heterocycles. The van der Waals surface area contributed by atoms with Crippen molar-refractivity contribution in [2.24, 2.45) is 11.1 Å². The van der Waals surface area contributed by atoms with Crippen LogP contribution in [0, 0.1) is 5.41 Å². The quantitative estimate of drug-likeness (QED) is 0.705. The van der Waals surface area contributed by atoms with Crippen LogP contribution in [-0.4, -0.2) is 43.2 Å². The zero-order valence-corrected chi connectivity index (χ0v) is 10.2. The lowest BCUT2D eigenvalue weighted by molar-refractivity contribution is -0.141. The van der Waals surface area contributed by atoms with Gasteiger partial charge in [-0.25, -0.2) is 0 Å². The number of carbonyl (C=O) groups excluding carboxylic acids is 1. The van der Waals surface area contributed by atoms with E-state index in [4.69, 9.17) is 10.5 Å². The van der Waals surface area contributed by atoms with Crippen molar-refractivity contribution in [3.8, 4) is 0 Å². The summed E-state index contributed by atoms with van der Waals surface area (Å²) in [5.41, 5.74) is 5.37. The molecule has 0 bridgehead atoms. The summed E-state index contributed by atoms with van der Waals surface area (Å²) in [6.45, 7) is 9.83. The van der Waals surface area contributed by atoms with Crippen LogP contribution in [0.2, 0.25) is 0 Å². The van der Waals surface area contributed by atoms with E-state index >= 15 is 0 Å². The topological polar surface area (TPSA) is 55.6 Å². The van der Waals surface area contributed by atoms with E-state index in [1.54, 1.807) is 6.08 Å². The predicted molar refractivity (Wildman–Crippen MR) is 64.0 cm³/mol. The second kappa shape index (κ2) is 5.46. The highest BCUT2D eigenvalue weighted by molar-refractivity contribution is 5.83. The van der Waals surface area contributed by atoms with Crippen molar-refractivity contribution in [2.45, 2.75) is 26.3 Å². The van der Waals surface area contributed by atoms with Gasteiger partial charge in [0, 0.05) is 19.1 Å². The summed E-state index contributed by atoms with van der Waals surface area (Å²) in [5.74, 6) is 0.0826. The second-order valence-electron chi connectivity index (χ2n) is 4.58. The zero-order chi connectivity index (χ0) is 12.2. The molecule has 16 heavy (non-hydrogen) atoms. The molecule has 2 unspecified atom stereocenters. The maximum Gasteiger partial charge on any atom is 0.232 e. The molecule has 1 fully saturated rings. The summed E-state index contributed by atoms with van der Waals surface area (Å²) >= 11 is 0. The summed E-state index contributed by atoms with van der Waals surface area (Å²) < 4.78 is 5.30. The fourth-order valence-corrected chi connectivity index (χ4v) is 1.97. The summed E-state index contributed by atoms with van der Waals surface area (Å²) in [4.78, 5) is 14.2. The van der Waals surface area contributed by atoms with E-state index in [2.05, 4.69) is 13.5 Å². The highest BCUT2D eigenvalue weighted by Crippen LogP contribution is 2.29. The number of hydrogen-bond acceptors (Lipinski definition) is 3. The van der Waals surface area contributed by atoms with Crippen molar-refractivity contribution in [1.29, 1.82) is 0 Å². The van der Waals surface area contributed by atoms with Crippen molar-refractivity contribution in [3.05, 3.63) is 12.7 Å². The molecule has 92 valence electrons. The van der Waals surface area contributed by atoms with Crippen LogP contribution in [0.4, 0.5) is 0 Å². The summed E-state index contributed by atoms with van der Waals surface area (Å²) in [7, 11) is 0. The predicted octanol–water partition coefficient (Wildman–Crippen LogP) is 0.775. The number of rotatable bonds is 5. The smallest absolute Gasteiger partial charge is 0.232 e. The van der Waals surface area contributed by atoms with Gasteiger partial charge in [0.15, 0.2) is 0 Å². The van der Waals surface area contributed by atoms with Crippen LogP contribution < -0.4 is 5.73 Å². The zero-order valence-electron chi connectivity index (χ0n) is 10.2. The molecule has 1 amide bonds. The molecule has 1 aliphatic heterocycles. The molecule has 0 radical (unpaired) electrons.